The van der Waals surface area contributed by atoms with E-state index in [9.17, 15) is 30.7 Å². The molecule has 0 aliphatic heterocycles. The van der Waals surface area contributed by atoms with Crippen LogP contribution in [0.5, 0.6) is 5.88 Å². The van der Waals surface area contributed by atoms with Crippen LogP contribution in [0.15, 0.2) is 6.07 Å². The van der Waals surface area contributed by atoms with E-state index in [0.29, 0.717) is 11.4 Å². The van der Waals surface area contributed by atoms with Crippen LogP contribution in [0, 0.1) is 6.92 Å². The number of alkyl halides is 7. The monoisotopic (exact) mass is 549 g/mol. The van der Waals surface area contributed by atoms with Gasteiger partial charge in [0.25, 0.3) is 0 Å². The molecule has 0 fully saturated rings. The Morgan fingerprint density at radius 1 is 0.914 bits per heavy atom. The van der Waals surface area contributed by atoms with Crippen LogP contribution < -0.4 is 10.1 Å². The lowest BCUT2D eigenvalue weighted by Gasteiger charge is -2.42. The molecule has 0 N–H and O–H groups in total. The molecule has 0 radical (unpaired) electrons. The van der Waals surface area contributed by atoms with Gasteiger partial charge in [-0.2, -0.15) is 30.7 Å². The summed E-state index contributed by atoms with van der Waals surface area (Å²) >= 11 is 0. The summed E-state index contributed by atoms with van der Waals surface area (Å²) in [5.74, 6) is -11.0. The van der Waals surface area contributed by atoms with Gasteiger partial charge in [0, 0.05) is 17.3 Å². The van der Waals surface area contributed by atoms with Crippen LogP contribution in [0.4, 0.5) is 30.7 Å². The quantitative estimate of drug-likeness (QED) is 0.207. The molecule has 204 valence electrons. The predicted octanol–water partition coefficient (Wildman–Crippen LogP) is 8.01. The normalized spacial score (nSPS) is 15.2. The van der Waals surface area contributed by atoms with Crippen LogP contribution >= 0.6 is 0 Å². The molecule has 0 saturated heterocycles. The SMILES string of the molecule is COc1nc([Si](C)(C)C)cc(C(C)O[Si](CCC(F)(F)C(F)(F)C(F)(F)F)(C(C)C)C(C)C)c1C. The molecule has 0 aliphatic carbocycles. The highest BCUT2D eigenvalue weighted by Gasteiger charge is 2.72. The summed E-state index contributed by atoms with van der Waals surface area (Å²) in [6.07, 6.45) is -8.59. The third-order valence-corrected chi connectivity index (χ3v) is 14.2. The number of nitrogens with zero attached hydrogens (tertiary/aromatic N) is 1. The topological polar surface area (TPSA) is 31.4 Å². The molecule has 1 aromatic heterocycles. The van der Waals surface area contributed by atoms with Crippen molar-refractivity contribution in [2.45, 2.75) is 109 Å². The number of ether oxygens (including phenoxy) is 1. The van der Waals surface area contributed by atoms with Gasteiger partial charge in [-0.25, -0.2) is 4.98 Å². The summed E-state index contributed by atoms with van der Waals surface area (Å²) in [6.45, 7) is 16.8. The van der Waals surface area contributed by atoms with Gasteiger partial charge >= 0.3 is 18.0 Å². The first-order valence-electron chi connectivity index (χ1n) is 11.6. The molecule has 35 heavy (non-hydrogen) atoms. The maximum absolute atomic E-state index is 14.2. The number of pyridine rings is 1. The second-order valence-corrected chi connectivity index (χ2v) is 20.7. The van der Waals surface area contributed by atoms with Gasteiger partial charge in [-0.15, -0.1) is 0 Å². The minimum atomic E-state index is -6.34. The molecular weight excluding hydrogens is 511 g/mol. The number of aromatic nitrogens is 1. The van der Waals surface area contributed by atoms with Gasteiger partial charge in [-0.05, 0) is 42.6 Å². The minimum Gasteiger partial charge on any atom is -0.481 e. The maximum Gasteiger partial charge on any atom is 0.459 e. The highest BCUT2D eigenvalue weighted by molar-refractivity contribution is 6.88. The number of methoxy groups -OCH3 is 1. The molecule has 0 aliphatic rings. The van der Waals surface area contributed by atoms with Crippen molar-refractivity contribution in [1.82, 2.24) is 4.98 Å². The van der Waals surface area contributed by atoms with Crippen LogP contribution in [-0.2, 0) is 4.43 Å². The van der Waals surface area contributed by atoms with E-state index < -0.39 is 53.0 Å². The summed E-state index contributed by atoms with van der Waals surface area (Å²) < 4.78 is 106. The molecule has 12 heteroatoms. The smallest absolute Gasteiger partial charge is 0.459 e. The van der Waals surface area contributed by atoms with Crippen molar-refractivity contribution >= 4 is 21.7 Å². The van der Waals surface area contributed by atoms with Crippen LogP contribution in [-0.4, -0.2) is 46.5 Å². The van der Waals surface area contributed by atoms with Crippen molar-refractivity contribution in [3.05, 3.63) is 17.2 Å². The first-order valence-corrected chi connectivity index (χ1v) is 17.4. The predicted molar refractivity (Wildman–Crippen MR) is 129 cm³/mol. The van der Waals surface area contributed by atoms with Crippen molar-refractivity contribution in [1.29, 1.82) is 0 Å². The van der Waals surface area contributed by atoms with E-state index in [4.69, 9.17) is 9.16 Å². The van der Waals surface area contributed by atoms with Gasteiger partial charge in [-0.1, -0.05) is 47.3 Å². The Kier molecular flexibility index (Phi) is 9.73. The van der Waals surface area contributed by atoms with E-state index in [0.717, 1.165) is 10.9 Å². The van der Waals surface area contributed by atoms with Crippen molar-refractivity contribution in [2.75, 3.05) is 7.11 Å². The summed E-state index contributed by atoms with van der Waals surface area (Å²) in [5, 5.41) is 0.850. The summed E-state index contributed by atoms with van der Waals surface area (Å²) in [5.41, 5.74) is 0.799. The Labute approximate surface area is 205 Å². The minimum absolute atomic E-state index is 0.319. The van der Waals surface area contributed by atoms with Crippen LogP contribution in [0.3, 0.4) is 0 Å². The van der Waals surface area contributed by atoms with E-state index in [-0.39, 0.29) is 11.1 Å². The molecule has 0 saturated carbocycles. The van der Waals surface area contributed by atoms with Crippen LogP contribution in [0.25, 0.3) is 0 Å². The summed E-state index contributed by atoms with van der Waals surface area (Å²) in [6, 6.07) is 1.36. The molecule has 0 spiro atoms. The van der Waals surface area contributed by atoms with Crippen LogP contribution in [0.2, 0.25) is 36.8 Å². The molecule has 0 bridgehead atoms. The van der Waals surface area contributed by atoms with E-state index >= 15 is 0 Å². The molecule has 0 amide bonds. The molecular formula is C23H38F7NO2Si2. The molecule has 1 aromatic rings. The van der Waals surface area contributed by atoms with E-state index in [2.05, 4.69) is 24.6 Å². The fourth-order valence-electron chi connectivity index (χ4n) is 4.29. The fraction of sp³-hybridized carbons (Fsp3) is 0.783. The Balaban J connectivity index is 3.47. The summed E-state index contributed by atoms with van der Waals surface area (Å²) in [7, 11) is -3.69. The first-order chi connectivity index (χ1) is 15.5. The Morgan fingerprint density at radius 2 is 1.40 bits per heavy atom. The van der Waals surface area contributed by atoms with Gasteiger partial charge in [-0.3, -0.25) is 0 Å². The third-order valence-electron chi connectivity index (χ3n) is 6.66. The molecule has 0 aromatic carbocycles. The van der Waals surface area contributed by atoms with Gasteiger partial charge in [0.15, 0.2) is 8.32 Å². The molecule has 1 rings (SSSR count). The highest BCUT2D eigenvalue weighted by Crippen LogP contribution is 2.51. The zero-order valence-corrected chi connectivity index (χ0v) is 24.1. The van der Waals surface area contributed by atoms with Crippen LogP contribution in [0.1, 0.15) is 58.3 Å². The van der Waals surface area contributed by atoms with Gasteiger partial charge < -0.3 is 9.16 Å². The van der Waals surface area contributed by atoms with Crippen molar-refractivity contribution in [3.8, 4) is 5.88 Å². The molecule has 3 nitrogen and oxygen atoms in total. The Morgan fingerprint density at radius 3 is 1.77 bits per heavy atom. The van der Waals surface area contributed by atoms with E-state index in [1.165, 1.54) is 7.11 Å². The second-order valence-electron chi connectivity index (χ2n) is 10.8. The van der Waals surface area contributed by atoms with Crippen molar-refractivity contribution in [2.24, 2.45) is 0 Å². The number of halogens is 7. The second kappa shape index (κ2) is 10.7. The van der Waals surface area contributed by atoms with Crippen molar-refractivity contribution < 1.29 is 39.9 Å². The molecule has 1 atom stereocenters. The third kappa shape index (κ3) is 6.60. The standard InChI is InChI=1S/C23H38F7NO2Si2/c1-14(2)35(15(3)4,12-11-21(24,25)22(26,27)23(28,29)30)33-17(6)18-13-19(34(8,9)10)31-20(32-7)16(18)5/h13-15,17H,11-12H2,1-10H3. The number of rotatable bonds is 11. The van der Waals surface area contributed by atoms with Gasteiger partial charge in [0.2, 0.25) is 5.88 Å². The zero-order chi connectivity index (χ0) is 27.8. The van der Waals surface area contributed by atoms with Gasteiger partial charge in [0.1, 0.15) is 8.07 Å². The Bertz CT molecular complexity index is 861. The van der Waals surface area contributed by atoms with Gasteiger partial charge in [0.05, 0.1) is 13.2 Å². The van der Waals surface area contributed by atoms with Crippen molar-refractivity contribution in [3.63, 3.8) is 0 Å². The first kappa shape index (κ1) is 31.9. The largest absolute Gasteiger partial charge is 0.481 e. The lowest BCUT2D eigenvalue weighted by atomic mass is 10.1. The van der Waals surface area contributed by atoms with E-state index in [1.807, 2.05) is 6.07 Å². The average Bonchev–Trinajstić information content (AvgIpc) is 2.68. The zero-order valence-electron chi connectivity index (χ0n) is 22.1. The molecule has 1 heterocycles. The lowest BCUT2D eigenvalue weighted by Crippen LogP contribution is -2.54. The fourth-order valence-corrected chi connectivity index (χ4v) is 9.96. The average molecular weight is 550 g/mol. The van der Waals surface area contributed by atoms with E-state index in [1.54, 1.807) is 41.5 Å². The molecule has 1 unspecified atom stereocenters. The maximum atomic E-state index is 14.2. The summed E-state index contributed by atoms with van der Waals surface area (Å²) in [4.78, 5) is 4.60. The number of hydrogen-bond donors (Lipinski definition) is 0. The highest BCUT2D eigenvalue weighted by atomic mass is 28.4. The lowest BCUT2D eigenvalue weighted by molar-refractivity contribution is -0.354. The Hall–Kier alpha value is -1.15. The number of hydrogen-bond acceptors (Lipinski definition) is 3.